The van der Waals surface area contributed by atoms with Crippen LogP contribution >= 0.6 is 0 Å². The van der Waals surface area contributed by atoms with Gasteiger partial charge >= 0.3 is 0 Å². The van der Waals surface area contributed by atoms with Gasteiger partial charge in [0.15, 0.2) is 5.65 Å². The smallest absolute Gasteiger partial charge is 0.247 e. The van der Waals surface area contributed by atoms with E-state index in [-0.39, 0.29) is 5.91 Å². The second kappa shape index (κ2) is 9.71. The molecule has 4 rings (SSSR count). The number of nitrogens with one attached hydrogen (secondary N) is 2. The van der Waals surface area contributed by atoms with Crippen LogP contribution in [0.25, 0.3) is 22.3 Å². The average molecular weight is 431 g/mol. The number of benzene rings is 1. The van der Waals surface area contributed by atoms with Crippen LogP contribution in [-0.4, -0.2) is 46.2 Å². The molecule has 2 N–H and O–H groups in total. The fourth-order valence-corrected chi connectivity index (χ4v) is 2.95. The minimum atomic E-state index is -0.302. The fourth-order valence-electron chi connectivity index (χ4n) is 2.95. The third-order valence-electron chi connectivity index (χ3n) is 4.45. The molecule has 0 spiro atoms. The number of rotatable bonds is 9. The molecule has 0 radical (unpaired) electrons. The third kappa shape index (κ3) is 4.90. The highest BCUT2D eigenvalue weighted by molar-refractivity contribution is 5.99. The molecule has 32 heavy (non-hydrogen) atoms. The molecule has 0 saturated heterocycles. The molecule has 4 aromatic rings. The van der Waals surface area contributed by atoms with Crippen molar-refractivity contribution >= 4 is 22.8 Å². The van der Waals surface area contributed by atoms with E-state index in [2.05, 4.69) is 31.8 Å². The lowest BCUT2D eigenvalue weighted by Gasteiger charge is -2.08. The lowest BCUT2D eigenvalue weighted by molar-refractivity contribution is -0.111. The number of anilines is 1. The Morgan fingerprint density at radius 2 is 2.06 bits per heavy atom. The number of hydrogen-bond acceptors (Lipinski definition) is 7. The van der Waals surface area contributed by atoms with Crippen LogP contribution in [-0.2, 0) is 9.53 Å². The first kappa shape index (κ1) is 21.0. The first-order chi connectivity index (χ1) is 15.7. The van der Waals surface area contributed by atoms with Crippen LogP contribution in [0.5, 0.6) is 17.5 Å². The molecule has 3 heterocycles. The summed E-state index contributed by atoms with van der Waals surface area (Å²) >= 11 is 0. The Morgan fingerprint density at radius 1 is 1.16 bits per heavy atom. The first-order valence-electron chi connectivity index (χ1n) is 9.80. The summed E-state index contributed by atoms with van der Waals surface area (Å²) in [4.78, 5) is 27.9. The van der Waals surface area contributed by atoms with Gasteiger partial charge in [-0.25, -0.2) is 15.0 Å². The fraction of sp³-hybridized carbons (Fsp3) is 0.130. The zero-order valence-electron chi connectivity index (χ0n) is 17.4. The van der Waals surface area contributed by atoms with Gasteiger partial charge in [-0.1, -0.05) is 12.6 Å². The Labute approximate surface area is 184 Å². The Morgan fingerprint density at radius 3 is 2.84 bits per heavy atom. The summed E-state index contributed by atoms with van der Waals surface area (Å²) in [5.41, 5.74) is 3.55. The van der Waals surface area contributed by atoms with Gasteiger partial charge in [-0.3, -0.25) is 4.79 Å². The molecule has 162 valence electrons. The number of hydrogen-bond donors (Lipinski definition) is 2. The van der Waals surface area contributed by atoms with E-state index in [9.17, 15) is 4.79 Å². The highest BCUT2D eigenvalue weighted by Crippen LogP contribution is 2.29. The number of pyridine rings is 1. The maximum absolute atomic E-state index is 11.5. The monoisotopic (exact) mass is 431 g/mol. The quantitative estimate of drug-likeness (QED) is 0.305. The SMILES string of the molecule is C=CC(=O)Nc1cccc(Oc2cnc3[nH]cc(-c4ccc(OCCOC)nc4)c3n2)c1. The Kier molecular flexibility index (Phi) is 6.38. The number of aromatic nitrogens is 4. The Bertz CT molecular complexity index is 1240. The van der Waals surface area contributed by atoms with Crippen molar-refractivity contribution in [3.05, 3.63) is 67.6 Å². The molecule has 9 nitrogen and oxygen atoms in total. The molecule has 0 unspecified atom stereocenters. The van der Waals surface area contributed by atoms with Crippen molar-refractivity contribution in [2.75, 3.05) is 25.6 Å². The lowest BCUT2D eigenvalue weighted by Crippen LogP contribution is -2.07. The van der Waals surface area contributed by atoms with Crippen LogP contribution in [0, 0.1) is 0 Å². The second-order valence-corrected chi connectivity index (χ2v) is 6.66. The molecule has 0 bridgehead atoms. The molecular weight excluding hydrogens is 410 g/mol. The molecule has 0 atom stereocenters. The molecule has 0 fully saturated rings. The zero-order chi connectivity index (χ0) is 22.3. The first-order valence-corrected chi connectivity index (χ1v) is 9.80. The van der Waals surface area contributed by atoms with E-state index >= 15 is 0 Å². The van der Waals surface area contributed by atoms with E-state index < -0.39 is 0 Å². The Balaban J connectivity index is 1.55. The van der Waals surface area contributed by atoms with Crippen molar-refractivity contribution in [1.82, 2.24) is 19.9 Å². The van der Waals surface area contributed by atoms with Crippen LogP contribution in [0.4, 0.5) is 5.69 Å². The molecular formula is C23H21N5O4. The van der Waals surface area contributed by atoms with Crippen LogP contribution < -0.4 is 14.8 Å². The van der Waals surface area contributed by atoms with E-state index in [1.165, 1.54) is 12.3 Å². The van der Waals surface area contributed by atoms with E-state index in [1.54, 1.807) is 43.6 Å². The van der Waals surface area contributed by atoms with Crippen molar-refractivity contribution in [1.29, 1.82) is 0 Å². The second-order valence-electron chi connectivity index (χ2n) is 6.66. The molecule has 0 aliphatic carbocycles. The van der Waals surface area contributed by atoms with E-state index in [0.29, 0.717) is 47.6 Å². The van der Waals surface area contributed by atoms with Gasteiger partial charge in [-0.15, -0.1) is 0 Å². The van der Waals surface area contributed by atoms with Gasteiger partial charge in [-0.2, -0.15) is 0 Å². The minimum absolute atomic E-state index is 0.302. The zero-order valence-corrected chi connectivity index (χ0v) is 17.4. The maximum Gasteiger partial charge on any atom is 0.247 e. The maximum atomic E-state index is 11.5. The number of nitrogens with zero attached hydrogens (tertiary/aromatic N) is 3. The van der Waals surface area contributed by atoms with Gasteiger partial charge in [0.1, 0.15) is 17.9 Å². The van der Waals surface area contributed by atoms with Crippen molar-refractivity contribution < 1.29 is 19.0 Å². The summed E-state index contributed by atoms with van der Waals surface area (Å²) in [5, 5.41) is 2.69. The lowest BCUT2D eigenvalue weighted by atomic mass is 10.1. The number of carbonyl (C=O) groups is 1. The number of aromatic amines is 1. The van der Waals surface area contributed by atoms with Gasteiger partial charge in [0, 0.05) is 48.5 Å². The number of ether oxygens (including phenoxy) is 3. The van der Waals surface area contributed by atoms with Crippen molar-refractivity contribution in [3.8, 4) is 28.6 Å². The molecule has 1 aromatic carbocycles. The van der Waals surface area contributed by atoms with Gasteiger partial charge in [0.2, 0.25) is 17.7 Å². The molecule has 3 aromatic heterocycles. The summed E-state index contributed by atoms with van der Waals surface area (Å²) < 4.78 is 16.3. The van der Waals surface area contributed by atoms with Crippen LogP contribution in [0.3, 0.4) is 0 Å². The average Bonchev–Trinajstić information content (AvgIpc) is 3.23. The number of H-pyrrole nitrogens is 1. The third-order valence-corrected chi connectivity index (χ3v) is 4.45. The summed E-state index contributed by atoms with van der Waals surface area (Å²) in [6.07, 6.45) is 6.27. The van der Waals surface area contributed by atoms with Gasteiger partial charge in [0.05, 0.1) is 12.8 Å². The number of fused-ring (bicyclic) bond motifs is 1. The largest absolute Gasteiger partial charge is 0.475 e. The van der Waals surface area contributed by atoms with E-state index in [1.807, 2.05) is 12.3 Å². The van der Waals surface area contributed by atoms with Crippen molar-refractivity contribution in [3.63, 3.8) is 0 Å². The van der Waals surface area contributed by atoms with E-state index in [0.717, 1.165) is 11.1 Å². The molecule has 9 heteroatoms. The van der Waals surface area contributed by atoms with Crippen LogP contribution in [0.15, 0.2) is 67.6 Å². The summed E-state index contributed by atoms with van der Waals surface area (Å²) in [5.74, 6) is 1.04. The number of amides is 1. The highest BCUT2D eigenvalue weighted by atomic mass is 16.5. The topological polar surface area (TPSA) is 111 Å². The summed E-state index contributed by atoms with van der Waals surface area (Å²) in [6, 6.07) is 10.7. The number of carbonyl (C=O) groups excluding carboxylic acids is 1. The molecule has 0 aliphatic rings. The standard InChI is InChI=1S/C23H21N5O4/c1-3-19(29)27-16-5-4-6-17(11-16)32-21-14-26-23-22(28-21)18(13-25-23)15-7-8-20(24-12-15)31-10-9-30-2/h3-8,11-14H,1,9-10H2,2H3,(H,25,26)(H,27,29). The summed E-state index contributed by atoms with van der Waals surface area (Å²) in [6.45, 7) is 4.37. The van der Waals surface area contributed by atoms with Gasteiger partial charge < -0.3 is 24.5 Å². The van der Waals surface area contributed by atoms with E-state index in [4.69, 9.17) is 14.2 Å². The Hall–Kier alpha value is -4.24. The van der Waals surface area contributed by atoms with Crippen molar-refractivity contribution in [2.24, 2.45) is 0 Å². The predicted molar refractivity (Wildman–Crippen MR) is 120 cm³/mol. The minimum Gasteiger partial charge on any atom is -0.475 e. The molecule has 0 saturated carbocycles. The predicted octanol–water partition coefficient (Wildman–Crippen LogP) is 3.96. The molecule has 0 aliphatic heterocycles. The normalized spacial score (nSPS) is 10.7. The number of methoxy groups -OCH3 is 1. The van der Waals surface area contributed by atoms with Gasteiger partial charge in [0.25, 0.3) is 0 Å². The van der Waals surface area contributed by atoms with Crippen molar-refractivity contribution in [2.45, 2.75) is 0 Å². The highest BCUT2D eigenvalue weighted by Gasteiger charge is 2.12. The molecule has 1 amide bonds. The van der Waals surface area contributed by atoms with Crippen LogP contribution in [0.1, 0.15) is 0 Å². The summed E-state index contributed by atoms with van der Waals surface area (Å²) in [7, 11) is 1.62. The van der Waals surface area contributed by atoms with Gasteiger partial charge in [-0.05, 0) is 24.3 Å². The van der Waals surface area contributed by atoms with Crippen LogP contribution in [0.2, 0.25) is 0 Å².